The number of ether oxygens (including phenoxy) is 1. The van der Waals surface area contributed by atoms with Crippen LogP contribution in [0.4, 0.5) is 0 Å². The third-order valence-corrected chi connectivity index (χ3v) is 2.85. The molecule has 2 rings (SSSR count). The van der Waals surface area contributed by atoms with Crippen LogP contribution in [0.5, 0.6) is 5.75 Å². The van der Waals surface area contributed by atoms with E-state index in [0.717, 1.165) is 25.3 Å². The highest BCUT2D eigenvalue weighted by Gasteiger charge is 2.15. The van der Waals surface area contributed by atoms with Crippen LogP contribution in [-0.4, -0.2) is 19.2 Å². The Morgan fingerprint density at radius 2 is 2.08 bits per heavy atom. The zero-order valence-corrected chi connectivity index (χ0v) is 9.45. The third-order valence-electron chi connectivity index (χ3n) is 2.13. The fourth-order valence-electron chi connectivity index (χ4n) is 1.43. The monoisotopic (exact) mass is 289 g/mol. The number of benzene rings is 1. The van der Waals surface area contributed by atoms with Gasteiger partial charge < -0.3 is 10.1 Å². The highest BCUT2D eigenvalue weighted by atomic mass is 127. The molecule has 1 aliphatic rings. The molecule has 1 saturated heterocycles. The molecular formula is C10H12INO. The minimum Gasteiger partial charge on any atom is -0.489 e. The van der Waals surface area contributed by atoms with E-state index in [9.17, 15) is 0 Å². The minimum absolute atomic E-state index is 0.361. The molecule has 1 aromatic carbocycles. The van der Waals surface area contributed by atoms with Gasteiger partial charge in [-0.3, -0.25) is 0 Å². The molecule has 1 fully saturated rings. The van der Waals surface area contributed by atoms with Gasteiger partial charge in [-0.1, -0.05) is 0 Å². The lowest BCUT2D eigenvalue weighted by Crippen LogP contribution is -2.19. The van der Waals surface area contributed by atoms with E-state index in [1.165, 1.54) is 3.57 Å². The maximum Gasteiger partial charge on any atom is 0.119 e. The standard InChI is InChI=1S/C10H12INO/c11-8-1-3-9(4-2-8)13-10-5-6-12-7-10/h1-4,10,12H,5-7H2/t10-/m0/s1. The molecule has 0 saturated carbocycles. The zero-order chi connectivity index (χ0) is 9.10. The Labute approximate surface area is 91.8 Å². The summed E-state index contributed by atoms with van der Waals surface area (Å²) in [6, 6.07) is 8.19. The molecule has 0 aromatic heterocycles. The van der Waals surface area contributed by atoms with E-state index in [1.54, 1.807) is 0 Å². The van der Waals surface area contributed by atoms with E-state index in [2.05, 4.69) is 40.0 Å². The Kier molecular flexibility index (Phi) is 3.05. The van der Waals surface area contributed by atoms with Gasteiger partial charge >= 0.3 is 0 Å². The van der Waals surface area contributed by atoms with Crippen LogP contribution in [0, 0.1) is 3.57 Å². The predicted octanol–water partition coefficient (Wildman–Crippen LogP) is 2.03. The average Bonchev–Trinajstić information content (AvgIpc) is 2.62. The van der Waals surface area contributed by atoms with Gasteiger partial charge in [0.25, 0.3) is 0 Å². The van der Waals surface area contributed by atoms with E-state index in [4.69, 9.17) is 4.74 Å². The Hall–Kier alpha value is -0.290. The molecular weight excluding hydrogens is 277 g/mol. The molecule has 0 unspecified atom stereocenters. The summed E-state index contributed by atoms with van der Waals surface area (Å²) in [7, 11) is 0. The zero-order valence-electron chi connectivity index (χ0n) is 7.29. The van der Waals surface area contributed by atoms with E-state index in [0.29, 0.717) is 6.10 Å². The molecule has 1 aromatic rings. The van der Waals surface area contributed by atoms with E-state index in [-0.39, 0.29) is 0 Å². The first-order valence-electron chi connectivity index (χ1n) is 4.47. The quantitative estimate of drug-likeness (QED) is 0.841. The van der Waals surface area contributed by atoms with E-state index >= 15 is 0 Å². The predicted molar refractivity (Wildman–Crippen MR) is 61.1 cm³/mol. The number of hydrogen-bond donors (Lipinski definition) is 1. The van der Waals surface area contributed by atoms with Crippen LogP contribution in [0.15, 0.2) is 24.3 Å². The summed E-state index contributed by atoms with van der Waals surface area (Å²) in [6.07, 6.45) is 1.48. The van der Waals surface area contributed by atoms with Gasteiger partial charge in [-0.25, -0.2) is 0 Å². The Morgan fingerprint density at radius 1 is 1.31 bits per heavy atom. The SMILES string of the molecule is Ic1ccc(O[C@H]2CCNC2)cc1. The van der Waals surface area contributed by atoms with Crippen LogP contribution in [-0.2, 0) is 0 Å². The van der Waals surface area contributed by atoms with Crippen molar-refractivity contribution < 1.29 is 4.74 Å². The second-order valence-corrected chi connectivity index (χ2v) is 4.43. The van der Waals surface area contributed by atoms with Crippen molar-refractivity contribution in [2.75, 3.05) is 13.1 Å². The van der Waals surface area contributed by atoms with Crippen molar-refractivity contribution in [3.05, 3.63) is 27.8 Å². The summed E-state index contributed by atoms with van der Waals surface area (Å²) < 4.78 is 7.01. The van der Waals surface area contributed by atoms with Crippen LogP contribution in [0.3, 0.4) is 0 Å². The Balaban J connectivity index is 1.97. The number of halogens is 1. The molecule has 0 radical (unpaired) electrons. The second kappa shape index (κ2) is 4.28. The summed E-state index contributed by atoms with van der Waals surface area (Å²) in [5.41, 5.74) is 0. The van der Waals surface area contributed by atoms with Gasteiger partial charge in [0, 0.05) is 10.1 Å². The first-order chi connectivity index (χ1) is 6.34. The highest BCUT2D eigenvalue weighted by Crippen LogP contribution is 2.16. The van der Waals surface area contributed by atoms with E-state index < -0.39 is 0 Å². The van der Waals surface area contributed by atoms with Crippen molar-refractivity contribution >= 4 is 22.6 Å². The van der Waals surface area contributed by atoms with Crippen molar-refractivity contribution in [2.45, 2.75) is 12.5 Å². The minimum atomic E-state index is 0.361. The second-order valence-electron chi connectivity index (χ2n) is 3.19. The van der Waals surface area contributed by atoms with Gasteiger partial charge in [0.05, 0.1) is 0 Å². The van der Waals surface area contributed by atoms with Gasteiger partial charge in [-0.2, -0.15) is 0 Å². The van der Waals surface area contributed by atoms with Crippen LogP contribution in [0.1, 0.15) is 6.42 Å². The van der Waals surface area contributed by atoms with Gasteiger partial charge in [0.1, 0.15) is 11.9 Å². The topological polar surface area (TPSA) is 21.3 Å². The lowest BCUT2D eigenvalue weighted by Gasteiger charge is -2.11. The van der Waals surface area contributed by atoms with Gasteiger partial charge in [0.15, 0.2) is 0 Å². The summed E-state index contributed by atoms with van der Waals surface area (Å²) in [5.74, 6) is 0.981. The molecule has 70 valence electrons. The Morgan fingerprint density at radius 3 is 2.69 bits per heavy atom. The summed E-state index contributed by atoms with van der Waals surface area (Å²) in [5, 5.41) is 3.28. The average molecular weight is 289 g/mol. The molecule has 3 heteroatoms. The van der Waals surface area contributed by atoms with Crippen molar-refractivity contribution in [3.8, 4) is 5.75 Å². The maximum absolute atomic E-state index is 5.76. The molecule has 0 aliphatic carbocycles. The summed E-state index contributed by atoms with van der Waals surface area (Å²) >= 11 is 2.29. The van der Waals surface area contributed by atoms with Crippen molar-refractivity contribution in [1.29, 1.82) is 0 Å². The van der Waals surface area contributed by atoms with Gasteiger partial charge in [0.2, 0.25) is 0 Å². The summed E-state index contributed by atoms with van der Waals surface area (Å²) in [6.45, 7) is 2.06. The molecule has 0 amide bonds. The molecule has 0 spiro atoms. The number of hydrogen-bond acceptors (Lipinski definition) is 2. The molecule has 13 heavy (non-hydrogen) atoms. The fourth-order valence-corrected chi connectivity index (χ4v) is 1.79. The molecule has 1 heterocycles. The largest absolute Gasteiger partial charge is 0.489 e. The van der Waals surface area contributed by atoms with Crippen molar-refractivity contribution in [3.63, 3.8) is 0 Å². The lowest BCUT2D eigenvalue weighted by molar-refractivity contribution is 0.223. The molecule has 1 aliphatic heterocycles. The first kappa shape index (κ1) is 9.27. The normalized spacial score (nSPS) is 21.8. The molecule has 1 atom stereocenters. The van der Waals surface area contributed by atoms with Gasteiger partial charge in [-0.05, 0) is 59.8 Å². The number of rotatable bonds is 2. The van der Waals surface area contributed by atoms with Crippen LogP contribution >= 0.6 is 22.6 Å². The van der Waals surface area contributed by atoms with Crippen molar-refractivity contribution in [1.82, 2.24) is 5.32 Å². The van der Waals surface area contributed by atoms with Crippen LogP contribution < -0.4 is 10.1 Å². The maximum atomic E-state index is 5.76. The fraction of sp³-hybridized carbons (Fsp3) is 0.400. The third kappa shape index (κ3) is 2.57. The molecule has 1 N–H and O–H groups in total. The van der Waals surface area contributed by atoms with Crippen LogP contribution in [0.2, 0.25) is 0 Å². The summed E-state index contributed by atoms with van der Waals surface area (Å²) in [4.78, 5) is 0. The highest BCUT2D eigenvalue weighted by molar-refractivity contribution is 14.1. The van der Waals surface area contributed by atoms with Crippen LogP contribution in [0.25, 0.3) is 0 Å². The van der Waals surface area contributed by atoms with Gasteiger partial charge in [-0.15, -0.1) is 0 Å². The first-order valence-corrected chi connectivity index (χ1v) is 5.55. The smallest absolute Gasteiger partial charge is 0.119 e. The van der Waals surface area contributed by atoms with E-state index in [1.807, 2.05) is 12.1 Å². The molecule has 0 bridgehead atoms. The molecule has 2 nitrogen and oxygen atoms in total. The van der Waals surface area contributed by atoms with Crippen molar-refractivity contribution in [2.24, 2.45) is 0 Å². The number of nitrogens with one attached hydrogen (secondary N) is 1. The lowest BCUT2D eigenvalue weighted by atomic mass is 10.3. The Bertz CT molecular complexity index is 267.